The lowest BCUT2D eigenvalue weighted by Gasteiger charge is -2.31. The van der Waals surface area contributed by atoms with Crippen LogP contribution in [0, 0.1) is 11.3 Å². The first kappa shape index (κ1) is 30.4. The van der Waals surface area contributed by atoms with Gasteiger partial charge in [-0.1, -0.05) is 24.3 Å². The lowest BCUT2D eigenvalue weighted by Crippen LogP contribution is -2.44. The fourth-order valence-corrected chi connectivity index (χ4v) is 4.30. The van der Waals surface area contributed by atoms with Crippen LogP contribution in [0.5, 0.6) is 11.5 Å². The topological polar surface area (TPSA) is 121 Å². The average Bonchev–Trinajstić information content (AvgIpc) is 3.28. The normalized spacial score (nSPS) is 14.8. The SMILES string of the molecule is C1COC1.CN1CCN(Cc2nc3ccc(C(=O)O)cc3n2C)CC1.N#Cc1ccccc1Oc1ccccc1C=O. The number of fused-ring (bicyclic) bond motifs is 1. The van der Waals surface area contributed by atoms with E-state index < -0.39 is 5.97 Å². The van der Waals surface area contributed by atoms with Crippen LogP contribution in [-0.2, 0) is 18.3 Å². The highest BCUT2D eigenvalue weighted by molar-refractivity contribution is 5.92. The highest BCUT2D eigenvalue weighted by Gasteiger charge is 2.17. The van der Waals surface area contributed by atoms with E-state index in [0.717, 1.165) is 69.1 Å². The molecule has 0 bridgehead atoms. The third kappa shape index (κ3) is 8.01. The van der Waals surface area contributed by atoms with Crippen LogP contribution in [0.2, 0.25) is 0 Å². The number of nitriles is 1. The fourth-order valence-electron chi connectivity index (χ4n) is 4.30. The van der Waals surface area contributed by atoms with Gasteiger partial charge in [-0.2, -0.15) is 5.26 Å². The molecule has 0 amide bonds. The summed E-state index contributed by atoms with van der Waals surface area (Å²) in [6, 6.07) is 20.9. The number of carbonyl (C=O) groups is 2. The summed E-state index contributed by atoms with van der Waals surface area (Å²) in [4.78, 5) is 31.2. The van der Waals surface area contributed by atoms with Crippen molar-refractivity contribution in [1.82, 2.24) is 19.4 Å². The van der Waals surface area contributed by atoms with E-state index in [2.05, 4.69) is 21.8 Å². The molecule has 42 heavy (non-hydrogen) atoms. The number of aryl methyl sites for hydroxylation is 1. The Morgan fingerprint density at radius 2 is 1.67 bits per heavy atom. The van der Waals surface area contributed by atoms with Crippen molar-refractivity contribution in [3.05, 3.63) is 89.2 Å². The molecule has 2 fully saturated rings. The van der Waals surface area contributed by atoms with Gasteiger partial charge in [-0.25, -0.2) is 9.78 Å². The van der Waals surface area contributed by atoms with E-state index in [1.54, 1.807) is 66.7 Å². The quantitative estimate of drug-likeness (QED) is 0.332. The number of ether oxygens (including phenoxy) is 2. The number of benzene rings is 3. The van der Waals surface area contributed by atoms with Gasteiger partial charge in [0.05, 0.1) is 34.3 Å². The van der Waals surface area contributed by atoms with Crippen LogP contribution in [-0.4, -0.2) is 83.2 Å². The number of nitrogens with zero attached hydrogens (tertiary/aromatic N) is 5. The van der Waals surface area contributed by atoms with Gasteiger partial charge in [-0.05, 0) is 55.9 Å². The minimum absolute atomic E-state index is 0.302. The Balaban J connectivity index is 0.000000173. The van der Waals surface area contributed by atoms with Crippen LogP contribution in [0.4, 0.5) is 0 Å². The molecule has 218 valence electrons. The van der Waals surface area contributed by atoms with Crippen LogP contribution in [0.25, 0.3) is 11.0 Å². The van der Waals surface area contributed by atoms with Gasteiger partial charge in [0, 0.05) is 46.4 Å². The van der Waals surface area contributed by atoms with Gasteiger partial charge in [0.25, 0.3) is 0 Å². The summed E-state index contributed by atoms with van der Waals surface area (Å²) in [5.41, 5.74) is 2.93. The van der Waals surface area contributed by atoms with Crippen LogP contribution in [0.1, 0.15) is 38.5 Å². The van der Waals surface area contributed by atoms with Crippen molar-refractivity contribution in [2.75, 3.05) is 46.4 Å². The molecule has 4 aromatic rings. The molecular weight excluding hydrogens is 534 g/mol. The molecule has 3 aromatic carbocycles. The highest BCUT2D eigenvalue weighted by atomic mass is 16.5. The Hall–Kier alpha value is -4.56. The minimum Gasteiger partial charge on any atom is -0.478 e. The van der Waals surface area contributed by atoms with Gasteiger partial charge in [0.2, 0.25) is 0 Å². The third-order valence-electron chi connectivity index (χ3n) is 7.03. The Labute approximate surface area is 245 Å². The molecular formula is C32H35N5O5. The molecule has 6 rings (SSSR count). The predicted octanol–water partition coefficient (Wildman–Crippen LogP) is 4.59. The van der Waals surface area contributed by atoms with Gasteiger partial charge in [-0.15, -0.1) is 0 Å². The number of hydrogen-bond acceptors (Lipinski definition) is 8. The summed E-state index contributed by atoms with van der Waals surface area (Å²) in [7, 11) is 4.09. The molecule has 0 atom stereocenters. The number of carboxylic acid groups (broad SMARTS) is 1. The minimum atomic E-state index is -0.904. The first-order valence-corrected chi connectivity index (χ1v) is 13.8. The first-order valence-electron chi connectivity index (χ1n) is 13.8. The van der Waals surface area contributed by atoms with Crippen molar-refractivity contribution in [1.29, 1.82) is 5.26 Å². The first-order chi connectivity index (χ1) is 20.4. The summed E-state index contributed by atoms with van der Waals surface area (Å²) in [5.74, 6) is 0.977. The predicted molar refractivity (Wildman–Crippen MR) is 159 cm³/mol. The molecule has 0 radical (unpaired) electrons. The maximum Gasteiger partial charge on any atom is 0.335 e. The van der Waals surface area contributed by atoms with Crippen molar-refractivity contribution >= 4 is 23.3 Å². The molecule has 10 heteroatoms. The summed E-state index contributed by atoms with van der Waals surface area (Å²) < 4.78 is 12.3. The molecule has 2 aliphatic rings. The number of aldehydes is 1. The molecule has 10 nitrogen and oxygen atoms in total. The zero-order valence-electron chi connectivity index (χ0n) is 23.9. The number of carboxylic acids is 1. The van der Waals surface area contributed by atoms with Gasteiger partial charge in [0.15, 0.2) is 6.29 Å². The van der Waals surface area contributed by atoms with Crippen molar-refractivity contribution in [3.63, 3.8) is 0 Å². The van der Waals surface area contributed by atoms with E-state index in [1.807, 2.05) is 17.7 Å². The van der Waals surface area contributed by atoms with E-state index >= 15 is 0 Å². The van der Waals surface area contributed by atoms with E-state index in [-0.39, 0.29) is 0 Å². The van der Waals surface area contributed by atoms with Gasteiger partial charge >= 0.3 is 5.97 Å². The molecule has 3 heterocycles. The zero-order valence-corrected chi connectivity index (χ0v) is 23.9. The highest BCUT2D eigenvalue weighted by Crippen LogP contribution is 2.26. The molecule has 0 spiro atoms. The van der Waals surface area contributed by atoms with E-state index in [4.69, 9.17) is 19.8 Å². The maximum atomic E-state index is 11.1. The molecule has 1 aromatic heterocycles. The number of para-hydroxylation sites is 2. The Morgan fingerprint density at radius 3 is 2.29 bits per heavy atom. The van der Waals surface area contributed by atoms with E-state index in [0.29, 0.717) is 28.2 Å². The Bertz CT molecular complexity index is 1540. The second-order valence-electron chi connectivity index (χ2n) is 10.0. The van der Waals surface area contributed by atoms with Crippen molar-refractivity contribution in [3.8, 4) is 17.6 Å². The van der Waals surface area contributed by atoms with Crippen molar-refractivity contribution < 1.29 is 24.2 Å². The lowest BCUT2D eigenvalue weighted by atomic mass is 10.2. The fraction of sp³-hybridized carbons (Fsp3) is 0.312. The van der Waals surface area contributed by atoms with Crippen LogP contribution >= 0.6 is 0 Å². The van der Waals surface area contributed by atoms with Crippen LogP contribution < -0.4 is 4.74 Å². The molecule has 1 N–H and O–H groups in total. The second kappa shape index (κ2) is 14.9. The largest absolute Gasteiger partial charge is 0.478 e. The number of likely N-dealkylation sites (N-methyl/N-ethyl adjacent to an activating group) is 1. The number of rotatable bonds is 6. The Kier molecular flexibility index (Phi) is 10.8. The number of piperazine rings is 1. The Morgan fingerprint density at radius 1 is 1.02 bits per heavy atom. The summed E-state index contributed by atoms with van der Waals surface area (Å²) in [6.45, 7) is 7.04. The number of hydrogen-bond donors (Lipinski definition) is 1. The second-order valence-corrected chi connectivity index (χ2v) is 10.0. The molecule has 2 saturated heterocycles. The van der Waals surface area contributed by atoms with Crippen LogP contribution in [0.15, 0.2) is 66.7 Å². The molecule has 2 aliphatic heterocycles. The number of aromatic nitrogens is 2. The number of imidazole rings is 1. The molecule has 0 unspecified atom stereocenters. The van der Waals surface area contributed by atoms with E-state index in [1.165, 1.54) is 6.42 Å². The van der Waals surface area contributed by atoms with Crippen LogP contribution in [0.3, 0.4) is 0 Å². The zero-order chi connectivity index (χ0) is 29.9. The number of carbonyl (C=O) groups excluding carboxylic acids is 1. The maximum absolute atomic E-state index is 11.1. The van der Waals surface area contributed by atoms with Crippen molar-refractivity contribution in [2.45, 2.75) is 13.0 Å². The van der Waals surface area contributed by atoms with Gasteiger partial charge < -0.3 is 24.0 Å². The summed E-state index contributed by atoms with van der Waals surface area (Å²) in [6.07, 6.45) is 2.00. The smallest absolute Gasteiger partial charge is 0.335 e. The standard InChI is InChI=1S/C15H20N4O2.C14H9NO2.C3H6O/c1-17-5-7-19(8-6-17)10-14-16-12-4-3-11(15(20)21)9-13(12)18(14)2;15-9-11-5-1-3-7-13(11)17-14-8-4-2-6-12(14)10-16;1-2-4-3-1/h3-4,9H,5-8,10H2,1-2H3,(H,20,21);1-8,10H;1-3H2. The summed E-state index contributed by atoms with van der Waals surface area (Å²) >= 11 is 0. The van der Waals surface area contributed by atoms with Gasteiger partial charge in [-0.3, -0.25) is 9.69 Å². The average molecular weight is 570 g/mol. The monoisotopic (exact) mass is 569 g/mol. The number of aromatic carboxylic acids is 1. The third-order valence-corrected chi connectivity index (χ3v) is 7.03. The van der Waals surface area contributed by atoms with Crippen molar-refractivity contribution in [2.24, 2.45) is 7.05 Å². The molecule has 0 aliphatic carbocycles. The van der Waals surface area contributed by atoms with E-state index in [9.17, 15) is 9.59 Å². The lowest BCUT2D eigenvalue weighted by molar-refractivity contribution is 0.0367. The summed E-state index contributed by atoms with van der Waals surface area (Å²) in [5, 5.41) is 18.0. The molecule has 0 saturated carbocycles. The van der Waals surface area contributed by atoms with Gasteiger partial charge in [0.1, 0.15) is 23.4 Å².